The molecule has 10 heteroatoms. The Hall–Kier alpha value is -1.07. The van der Waals surface area contributed by atoms with Gasteiger partial charge in [-0.15, -0.1) is 0 Å². The van der Waals surface area contributed by atoms with Crippen LogP contribution in [-0.4, -0.2) is 41.2 Å². The number of benzene rings is 1. The zero-order valence-electron chi connectivity index (χ0n) is 11.4. The molecule has 4 N–H and O–H groups in total. The molecular formula is C11H17N3O4S3. The Balaban J connectivity index is 2.69. The molecule has 21 heavy (non-hydrogen) atoms. The van der Waals surface area contributed by atoms with Crippen molar-refractivity contribution in [2.45, 2.75) is 11.3 Å². The van der Waals surface area contributed by atoms with Gasteiger partial charge in [0.15, 0.2) is 0 Å². The predicted octanol–water partition coefficient (Wildman–Crippen LogP) is -0.462. The Kier molecular flexibility index (Phi) is 6.23. The minimum Gasteiger partial charge on any atom is -0.389 e. The fourth-order valence-corrected chi connectivity index (χ4v) is 3.59. The number of hydrogen-bond donors (Lipinski definition) is 3. The smallest absolute Gasteiger partial charge is 0.241 e. The molecule has 0 saturated heterocycles. The van der Waals surface area contributed by atoms with E-state index in [1.165, 1.54) is 12.1 Å². The summed E-state index contributed by atoms with van der Waals surface area (Å²) >= 11 is 4.82. The Bertz CT molecular complexity index is 714. The topological polar surface area (TPSA) is 118 Å². The van der Waals surface area contributed by atoms with E-state index in [0.29, 0.717) is 6.42 Å². The molecular weight excluding hydrogens is 334 g/mol. The number of hydrogen-bond acceptors (Lipinski definition) is 5. The fraction of sp³-hybridized carbons (Fsp3) is 0.364. The first kappa shape index (κ1) is 18.0. The van der Waals surface area contributed by atoms with Gasteiger partial charge in [0.1, 0.15) is 4.99 Å². The summed E-state index contributed by atoms with van der Waals surface area (Å²) in [5.74, 6) is 0. The number of rotatable bonds is 8. The van der Waals surface area contributed by atoms with Crippen molar-refractivity contribution in [1.82, 2.24) is 9.44 Å². The van der Waals surface area contributed by atoms with Crippen LogP contribution in [0.5, 0.6) is 0 Å². The molecule has 0 saturated carbocycles. The Morgan fingerprint density at radius 1 is 1.14 bits per heavy atom. The standard InChI is InChI=1S/C11H17N3O4S3/c1-20(15,16)13-7-4-8-14-21(17,18)10-6-3-2-5-9(10)11(12)19/h2-3,5-6,13-14H,4,7-8H2,1H3,(H2,12,19). The normalized spacial score (nSPS) is 12.2. The van der Waals surface area contributed by atoms with Crippen LogP contribution in [0, 0.1) is 0 Å². The molecule has 0 amide bonds. The van der Waals surface area contributed by atoms with Crippen LogP contribution in [0.3, 0.4) is 0 Å². The molecule has 0 aromatic heterocycles. The molecule has 0 unspecified atom stereocenters. The van der Waals surface area contributed by atoms with E-state index in [0.717, 1.165) is 6.26 Å². The van der Waals surface area contributed by atoms with Crippen molar-refractivity contribution >= 4 is 37.3 Å². The molecule has 0 radical (unpaired) electrons. The van der Waals surface area contributed by atoms with Gasteiger partial charge in [0.25, 0.3) is 0 Å². The molecule has 1 aromatic carbocycles. The zero-order chi connectivity index (χ0) is 16.1. The van der Waals surface area contributed by atoms with E-state index in [4.69, 9.17) is 18.0 Å². The van der Waals surface area contributed by atoms with Crippen LogP contribution in [0.1, 0.15) is 12.0 Å². The summed E-state index contributed by atoms with van der Waals surface area (Å²) in [6.07, 6.45) is 1.36. The minimum absolute atomic E-state index is 0.00489. The van der Waals surface area contributed by atoms with Gasteiger partial charge in [-0.05, 0) is 12.5 Å². The highest BCUT2D eigenvalue weighted by Crippen LogP contribution is 2.14. The van der Waals surface area contributed by atoms with Gasteiger partial charge in [-0.2, -0.15) is 0 Å². The van der Waals surface area contributed by atoms with Crippen molar-refractivity contribution in [3.8, 4) is 0 Å². The molecule has 0 aliphatic heterocycles. The lowest BCUT2D eigenvalue weighted by Crippen LogP contribution is -2.30. The van der Waals surface area contributed by atoms with E-state index in [2.05, 4.69) is 9.44 Å². The van der Waals surface area contributed by atoms with Crippen LogP contribution in [0.25, 0.3) is 0 Å². The first-order valence-electron chi connectivity index (χ1n) is 5.96. The number of thiocarbonyl (C=S) groups is 1. The average molecular weight is 351 g/mol. The van der Waals surface area contributed by atoms with Gasteiger partial charge in [0, 0.05) is 18.7 Å². The van der Waals surface area contributed by atoms with Gasteiger partial charge in [-0.25, -0.2) is 26.3 Å². The first-order valence-corrected chi connectivity index (χ1v) is 9.75. The van der Waals surface area contributed by atoms with Gasteiger partial charge in [0.2, 0.25) is 20.0 Å². The van der Waals surface area contributed by atoms with Crippen molar-refractivity contribution in [3.63, 3.8) is 0 Å². The van der Waals surface area contributed by atoms with Crippen LogP contribution >= 0.6 is 12.2 Å². The summed E-state index contributed by atoms with van der Waals surface area (Å²) in [4.78, 5) is 0.00305. The molecule has 0 heterocycles. The third-order valence-electron chi connectivity index (χ3n) is 2.45. The van der Waals surface area contributed by atoms with Gasteiger partial charge in [-0.3, -0.25) is 0 Å². The van der Waals surface area contributed by atoms with E-state index in [1.54, 1.807) is 12.1 Å². The molecule has 7 nitrogen and oxygen atoms in total. The Morgan fingerprint density at radius 3 is 2.29 bits per heavy atom. The SMILES string of the molecule is CS(=O)(=O)NCCCNS(=O)(=O)c1ccccc1C(N)=S. The van der Waals surface area contributed by atoms with E-state index in [-0.39, 0.29) is 28.5 Å². The second-order valence-electron chi connectivity index (χ2n) is 4.28. The minimum atomic E-state index is -3.75. The molecule has 0 fully saturated rings. The summed E-state index contributed by atoms with van der Waals surface area (Å²) in [5.41, 5.74) is 5.77. The highest BCUT2D eigenvalue weighted by molar-refractivity contribution is 7.89. The Morgan fingerprint density at radius 2 is 1.71 bits per heavy atom. The second kappa shape index (κ2) is 7.27. The highest BCUT2D eigenvalue weighted by Gasteiger charge is 2.18. The highest BCUT2D eigenvalue weighted by atomic mass is 32.2. The molecule has 1 aromatic rings. The largest absolute Gasteiger partial charge is 0.389 e. The average Bonchev–Trinajstić information content (AvgIpc) is 2.36. The van der Waals surface area contributed by atoms with Crippen molar-refractivity contribution in [3.05, 3.63) is 29.8 Å². The molecule has 118 valence electrons. The van der Waals surface area contributed by atoms with Crippen molar-refractivity contribution < 1.29 is 16.8 Å². The lowest BCUT2D eigenvalue weighted by Gasteiger charge is -2.10. The van der Waals surface area contributed by atoms with Gasteiger partial charge < -0.3 is 5.73 Å². The van der Waals surface area contributed by atoms with Crippen LogP contribution in [0.2, 0.25) is 0 Å². The quantitative estimate of drug-likeness (QED) is 0.431. The second-order valence-corrected chi connectivity index (χ2v) is 8.29. The third kappa shape index (κ3) is 6.06. The van der Waals surface area contributed by atoms with E-state index in [1.807, 2.05) is 0 Å². The maximum atomic E-state index is 12.2. The van der Waals surface area contributed by atoms with Gasteiger partial charge in [0.05, 0.1) is 11.2 Å². The summed E-state index contributed by atoms with van der Waals surface area (Å²) in [6.45, 7) is 0.245. The summed E-state index contributed by atoms with van der Waals surface area (Å²) < 4.78 is 50.7. The summed E-state index contributed by atoms with van der Waals surface area (Å²) in [6, 6.07) is 6.15. The maximum absolute atomic E-state index is 12.2. The number of sulfonamides is 2. The monoisotopic (exact) mass is 351 g/mol. The van der Waals surface area contributed by atoms with Crippen LogP contribution < -0.4 is 15.2 Å². The lowest BCUT2D eigenvalue weighted by atomic mass is 10.2. The summed E-state index contributed by atoms with van der Waals surface area (Å²) in [7, 11) is -7.02. The fourth-order valence-electron chi connectivity index (χ4n) is 1.53. The van der Waals surface area contributed by atoms with Crippen molar-refractivity contribution in [2.75, 3.05) is 19.3 Å². The predicted molar refractivity (Wildman–Crippen MR) is 85.0 cm³/mol. The Labute approximate surface area is 130 Å². The maximum Gasteiger partial charge on any atom is 0.241 e. The van der Waals surface area contributed by atoms with Crippen molar-refractivity contribution in [2.24, 2.45) is 5.73 Å². The van der Waals surface area contributed by atoms with Crippen molar-refractivity contribution in [1.29, 1.82) is 0 Å². The zero-order valence-corrected chi connectivity index (χ0v) is 13.8. The third-order valence-corrected chi connectivity index (χ3v) is 4.92. The first-order chi connectivity index (χ1) is 9.63. The molecule has 0 spiro atoms. The molecule has 0 aliphatic rings. The molecule has 0 aliphatic carbocycles. The van der Waals surface area contributed by atoms with Crippen LogP contribution in [0.4, 0.5) is 0 Å². The van der Waals surface area contributed by atoms with Gasteiger partial charge in [-0.1, -0.05) is 30.4 Å². The van der Waals surface area contributed by atoms with Crippen LogP contribution in [0.15, 0.2) is 29.2 Å². The number of nitrogens with two attached hydrogens (primary N) is 1. The number of nitrogens with one attached hydrogen (secondary N) is 2. The van der Waals surface area contributed by atoms with E-state index < -0.39 is 20.0 Å². The summed E-state index contributed by atoms with van der Waals surface area (Å²) in [5, 5.41) is 0. The molecule has 0 atom stereocenters. The molecule has 0 bridgehead atoms. The van der Waals surface area contributed by atoms with E-state index >= 15 is 0 Å². The molecule has 1 rings (SSSR count). The van der Waals surface area contributed by atoms with E-state index in [9.17, 15) is 16.8 Å². The lowest BCUT2D eigenvalue weighted by molar-refractivity contribution is 0.575. The van der Waals surface area contributed by atoms with Gasteiger partial charge >= 0.3 is 0 Å². The van der Waals surface area contributed by atoms with Crippen LogP contribution in [-0.2, 0) is 20.0 Å².